The number of tetrazole rings is 1. The molecule has 0 bridgehead atoms. The van der Waals surface area contributed by atoms with Gasteiger partial charge in [0.15, 0.2) is 18.1 Å². The molecule has 158 valence electrons. The number of primary amides is 1. The molecule has 0 aliphatic carbocycles. The first-order chi connectivity index (χ1) is 14.6. The molecule has 1 amide bonds. The Balaban J connectivity index is 1.51. The molecule has 3 rings (SSSR count). The van der Waals surface area contributed by atoms with Crippen LogP contribution in [0.25, 0.3) is 5.69 Å². The number of amides is 1. The summed E-state index contributed by atoms with van der Waals surface area (Å²) in [6.45, 7) is 1.17. The molecule has 1 aromatic heterocycles. The number of aromatic nitrogens is 4. The molecule has 0 atom stereocenters. The number of carbonyl (C=O) groups excluding carboxylic acids is 1. The molecule has 0 saturated carbocycles. The molecule has 0 radical (unpaired) electrons. The minimum atomic E-state index is -0.550. The third-order valence-corrected chi connectivity index (χ3v) is 5.44. The molecule has 2 aromatic carbocycles. The third-order valence-electron chi connectivity index (χ3n) is 3.93. The van der Waals surface area contributed by atoms with Crippen molar-refractivity contribution in [2.45, 2.75) is 11.7 Å². The summed E-state index contributed by atoms with van der Waals surface area (Å²) in [5.41, 5.74) is 7.07. The van der Waals surface area contributed by atoms with Gasteiger partial charge in [-0.05, 0) is 56.2 Å². The van der Waals surface area contributed by atoms with E-state index >= 15 is 0 Å². The van der Waals surface area contributed by atoms with Crippen LogP contribution in [0.1, 0.15) is 5.56 Å². The Labute approximate surface area is 186 Å². The van der Waals surface area contributed by atoms with Crippen LogP contribution >= 0.6 is 27.7 Å². The van der Waals surface area contributed by atoms with Crippen molar-refractivity contribution in [1.82, 2.24) is 25.5 Å². The van der Waals surface area contributed by atoms with Gasteiger partial charge in [0.05, 0.1) is 17.3 Å². The Morgan fingerprint density at radius 2 is 2.10 bits per heavy atom. The molecule has 1 heterocycles. The highest BCUT2D eigenvalue weighted by atomic mass is 79.9. The molecule has 0 spiro atoms. The summed E-state index contributed by atoms with van der Waals surface area (Å²) < 4.78 is 13.2. The van der Waals surface area contributed by atoms with E-state index in [1.165, 1.54) is 0 Å². The number of rotatable bonds is 11. The molecule has 0 fully saturated rings. The van der Waals surface area contributed by atoms with Gasteiger partial charge in [-0.25, -0.2) is 0 Å². The zero-order valence-corrected chi connectivity index (χ0v) is 18.6. The van der Waals surface area contributed by atoms with Crippen LogP contribution in [0.2, 0.25) is 0 Å². The molecular formula is C19H21BrN6O3S. The van der Waals surface area contributed by atoms with Crippen LogP contribution in [0, 0.1) is 0 Å². The number of nitrogens with one attached hydrogen (secondary N) is 1. The molecule has 0 aliphatic rings. The Kier molecular flexibility index (Phi) is 8.05. The van der Waals surface area contributed by atoms with Crippen molar-refractivity contribution in [3.05, 3.63) is 52.5 Å². The number of methoxy groups -OCH3 is 1. The summed E-state index contributed by atoms with van der Waals surface area (Å²) >= 11 is 5.03. The summed E-state index contributed by atoms with van der Waals surface area (Å²) in [4.78, 5) is 11.0. The van der Waals surface area contributed by atoms with Gasteiger partial charge in [-0.15, -0.1) is 5.10 Å². The molecule has 9 nitrogen and oxygen atoms in total. The fraction of sp³-hybridized carbons (Fsp3) is 0.263. The number of nitrogens with zero attached hydrogens (tertiary/aromatic N) is 4. The van der Waals surface area contributed by atoms with Gasteiger partial charge in [0.1, 0.15) is 0 Å². The van der Waals surface area contributed by atoms with Crippen LogP contribution in [0.4, 0.5) is 0 Å². The third kappa shape index (κ3) is 5.94. The second-order valence-electron chi connectivity index (χ2n) is 6.10. The zero-order chi connectivity index (χ0) is 21.3. The molecule has 0 aliphatic heterocycles. The number of nitrogens with two attached hydrogens (primary N) is 1. The van der Waals surface area contributed by atoms with E-state index in [2.05, 4.69) is 36.8 Å². The van der Waals surface area contributed by atoms with Crippen LogP contribution in [-0.4, -0.2) is 52.1 Å². The molecule has 30 heavy (non-hydrogen) atoms. The maximum atomic E-state index is 11.0. The van der Waals surface area contributed by atoms with Crippen LogP contribution in [0.15, 0.2) is 52.1 Å². The van der Waals surface area contributed by atoms with Crippen molar-refractivity contribution in [3.8, 4) is 17.2 Å². The number of thioether (sulfide) groups is 1. The van der Waals surface area contributed by atoms with Crippen molar-refractivity contribution in [1.29, 1.82) is 0 Å². The Morgan fingerprint density at radius 3 is 2.83 bits per heavy atom. The van der Waals surface area contributed by atoms with E-state index in [4.69, 9.17) is 15.2 Å². The van der Waals surface area contributed by atoms with E-state index in [1.807, 2.05) is 42.5 Å². The number of benzene rings is 2. The van der Waals surface area contributed by atoms with Crippen LogP contribution < -0.4 is 20.5 Å². The van der Waals surface area contributed by atoms with Gasteiger partial charge in [-0.3, -0.25) is 4.79 Å². The van der Waals surface area contributed by atoms with Crippen LogP contribution in [0.5, 0.6) is 11.5 Å². The average Bonchev–Trinajstić information content (AvgIpc) is 3.21. The van der Waals surface area contributed by atoms with Crippen molar-refractivity contribution in [2.24, 2.45) is 5.73 Å². The summed E-state index contributed by atoms with van der Waals surface area (Å²) in [6, 6.07) is 13.5. The minimum absolute atomic E-state index is 0.216. The number of halogens is 1. The fourth-order valence-electron chi connectivity index (χ4n) is 2.61. The van der Waals surface area contributed by atoms with Gasteiger partial charge >= 0.3 is 0 Å². The van der Waals surface area contributed by atoms with E-state index < -0.39 is 5.91 Å². The van der Waals surface area contributed by atoms with E-state index in [0.717, 1.165) is 28.7 Å². The first kappa shape index (κ1) is 22.1. The lowest BCUT2D eigenvalue weighted by Crippen LogP contribution is -2.20. The Bertz CT molecular complexity index is 986. The number of carbonyl (C=O) groups is 1. The van der Waals surface area contributed by atoms with Crippen molar-refractivity contribution in [2.75, 3.05) is 26.0 Å². The first-order valence-electron chi connectivity index (χ1n) is 9.03. The van der Waals surface area contributed by atoms with Crippen LogP contribution in [0.3, 0.4) is 0 Å². The summed E-state index contributed by atoms with van der Waals surface area (Å²) in [7, 11) is 1.55. The monoisotopic (exact) mass is 492 g/mol. The van der Waals surface area contributed by atoms with E-state index in [1.54, 1.807) is 23.6 Å². The molecule has 0 unspecified atom stereocenters. The molecule has 3 N–H and O–H groups in total. The maximum Gasteiger partial charge on any atom is 0.255 e. The molecular weight excluding hydrogens is 472 g/mol. The molecule has 0 saturated heterocycles. The topological polar surface area (TPSA) is 117 Å². The van der Waals surface area contributed by atoms with Gasteiger partial charge in [-0.1, -0.05) is 30.0 Å². The van der Waals surface area contributed by atoms with Gasteiger partial charge in [0.2, 0.25) is 5.16 Å². The molecule has 3 aromatic rings. The highest BCUT2D eigenvalue weighted by molar-refractivity contribution is 9.10. The molecule has 11 heteroatoms. The fourth-order valence-corrected chi connectivity index (χ4v) is 4.00. The lowest BCUT2D eigenvalue weighted by Gasteiger charge is -2.14. The second kappa shape index (κ2) is 11.0. The van der Waals surface area contributed by atoms with Crippen molar-refractivity contribution >= 4 is 33.6 Å². The van der Waals surface area contributed by atoms with Crippen molar-refractivity contribution < 1.29 is 14.3 Å². The standard InChI is InChI=1S/C19H21BrN6O3S/c1-28-16-10-13(9-15(20)18(16)29-12-17(21)27)11-22-7-8-30-19-23-24-25-26(19)14-5-3-2-4-6-14/h2-6,9-10,22H,7-8,11-12H2,1H3,(H2,21,27). The zero-order valence-electron chi connectivity index (χ0n) is 16.2. The summed E-state index contributed by atoms with van der Waals surface area (Å²) in [5, 5.41) is 16.0. The van der Waals surface area contributed by atoms with Gasteiger partial charge in [-0.2, -0.15) is 4.68 Å². The number of hydrogen-bond donors (Lipinski definition) is 2. The number of para-hydroxylation sites is 1. The summed E-state index contributed by atoms with van der Waals surface area (Å²) in [6.07, 6.45) is 0. The van der Waals surface area contributed by atoms with E-state index in [-0.39, 0.29) is 6.61 Å². The Hall–Kier alpha value is -2.63. The largest absolute Gasteiger partial charge is 0.493 e. The predicted molar refractivity (Wildman–Crippen MR) is 117 cm³/mol. The number of ether oxygens (including phenoxy) is 2. The van der Waals surface area contributed by atoms with E-state index in [0.29, 0.717) is 22.5 Å². The smallest absolute Gasteiger partial charge is 0.255 e. The summed E-state index contributed by atoms with van der Waals surface area (Å²) in [5.74, 6) is 1.22. The number of hydrogen-bond acceptors (Lipinski definition) is 8. The first-order valence-corrected chi connectivity index (χ1v) is 10.8. The Morgan fingerprint density at radius 1 is 1.30 bits per heavy atom. The highest BCUT2D eigenvalue weighted by Crippen LogP contribution is 2.36. The normalized spacial score (nSPS) is 10.7. The average molecular weight is 493 g/mol. The quantitative estimate of drug-likeness (QED) is 0.309. The second-order valence-corrected chi connectivity index (χ2v) is 8.01. The van der Waals surface area contributed by atoms with Gasteiger partial charge in [0, 0.05) is 18.8 Å². The maximum absolute atomic E-state index is 11.0. The van der Waals surface area contributed by atoms with Gasteiger partial charge in [0.25, 0.3) is 5.91 Å². The van der Waals surface area contributed by atoms with Gasteiger partial charge < -0.3 is 20.5 Å². The SMILES string of the molecule is COc1cc(CNCCSc2nnnn2-c2ccccc2)cc(Br)c1OCC(N)=O. The van der Waals surface area contributed by atoms with Crippen molar-refractivity contribution in [3.63, 3.8) is 0 Å². The van der Waals surface area contributed by atoms with E-state index in [9.17, 15) is 4.79 Å². The highest BCUT2D eigenvalue weighted by Gasteiger charge is 2.13. The van der Waals surface area contributed by atoms with Crippen LogP contribution in [-0.2, 0) is 11.3 Å². The minimum Gasteiger partial charge on any atom is -0.493 e. The predicted octanol–water partition coefficient (Wildman–Crippen LogP) is 2.18. The lowest BCUT2D eigenvalue weighted by molar-refractivity contribution is -0.119. The lowest BCUT2D eigenvalue weighted by atomic mass is 10.2.